The topological polar surface area (TPSA) is 55.6 Å². The van der Waals surface area contributed by atoms with Crippen LogP contribution in [-0.4, -0.2) is 25.7 Å². The van der Waals surface area contributed by atoms with E-state index in [1.165, 1.54) is 0 Å². The molecule has 0 aliphatic carbocycles. The number of amides is 1. The molecule has 0 spiro atoms. The molecular weight excluding hydrogens is 252 g/mol. The van der Waals surface area contributed by atoms with Crippen molar-refractivity contribution >= 4 is 28.9 Å². The molecule has 98 valence electrons. The van der Waals surface area contributed by atoms with E-state index in [0.717, 1.165) is 19.4 Å². The summed E-state index contributed by atoms with van der Waals surface area (Å²) >= 11 is 5.92. The van der Waals surface area contributed by atoms with E-state index in [0.29, 0.717) is 22.8 Å². The summed E-state index contributed by atoms with van der Waals surface area (Å²) in [5.41, 5.74) is 7.04. The summed E-state index contributed by atoms with van der Waals surface area (Å²) < 4.78 is 5.46. The number of benzene rings is 1. The number of nitrogen functional groups attached to an aromatic ring is 1. The summed E-state index contributed by atoms with van der Waals surface area (Å²) in [5, 5.41) is 0.566. The Balaban J connectivity index is 2.07. The van der Waals surface area contributed by atoms with Gasteiger partial charge in [-0.3, -0.25) is 4.79 Å². The van der Waals surface area contributed by atoms with Crippen molar-refractivity contribution in [2.75, 3.05) is 24.3 Å². The van der Waals surface area contributed by atoms with Crippen LogP contribution >= 0.6 is 11.6 Å². The second kappa shape index (κ2) is 5.59. The zero-order valence-corrected chi connectivity index (χ0v) is 11.1. The maximum Gasteiger partial charge on any atom is 0.229 e. The molecule has 0 bridgehead atoms. The van der Waals surface area contributed by atoms with Crippen LogP contribution in [0.25, 0.3) is 0 Å². The van der Waals surface area contributed by atoms with Gasteiger partial charge in [-0.15, -0.1) is 0 Å². The average Bonchev–Trinajstić information content (AvgIpc) is 2.84. The van der Waals surface area contributed by atoms with Crippen LogP contribution < -0.4 is 10.6 Å². The summed E-state index contributed by atoms with van der Waals surface area (Å²) in [7, 11) is 1.71. The van der Waals surface area contributed by atoms with Crippen LogP contribution in [0, 0.1) is 0 Å². The Hall–Kier alpha value is -1.26. The fourth-order valence-electron chi connectivity index (χ4n) is 2.08. The molecule has 1 aromatic carbocycles. The van der Waals surface area contributed by atoms with Gasteiger partial charge in [0.05, 0.1) is 23.9 Å². The molecule has 1 saturated heterocycles. The van der Waals surface area contributed by atoms with E-state index in [4.69, 9.17) is 22.1 Å². The van der Waals surface area contributed by atoms with Crippen molar-refractivity contribution in [3.05, 3.63) is 23.2 Å². The zero-order chi connectivity index (χ0) is 13.1. The number of nitrogens with two attached hydrogens (primary N) is 1. The molecule has 5 heteroatoms. The third kappa shape index (κ3) is 2.94. The Kier molecular flexibility index (Phi) is 4.09. The summed E-state index contributed by atoms with van der Waals surface area (Å²) in [6, 6.07) is 5.11. The monoisotopic (exact) mass is 268 g/mol. The first kappa shape index (κ1) is 13.2. The Morgan fingerprint density at radius 2 is 2.39 bits per heavy atom. The highest BCUT2D eigenvalue weighted by molar-refractivity contribution is 6.31. The summed E-state index contributed by atoms with van der Waals surface area (Å²) in [5.74, 6) is -0.00383. The first-order valence-electron chi connectivity index (χ1n) is 6.01. The number of carbonyl (C=O) groups is 1. The predicted molar refractivity (Wildman–Crippen MR) is 72.9 cm³/mol. The first-order valence-corrected chi connectivity index (χ1v) is 6.39. The molecule has 1 aliphatic rings. The van der Waals surface area contributed by atoms with E-state index in [2.05, 4.69) is 0 Å². The molecule has 1 unspecified atom stereocenters. The third-order valence-corrected chi connectivity index (χ3v) is 3.39. The van der Waals surface area contributed by atoms with E-state index in [9.17, 15) is 4.79 Å². The number of rotatable bonds is 3. The number of carbonyl (C=O) groups excluding carboxylic acids is 1. The van der Waals surface area contributed by atoms with Gasteiger partial charge >= 0.3 is 0 Å². The van der Waals surface area contributed by atoms with Crippen molar-refractivity contribution in [3.8, 4) is 0 Å². The van der Waals surface area contributed by atoms with Crippen LogP contribution in [0.5, 0.6) is 0 Å². The normalized spacial score (nSPS) is 18.9. The number of halogens is 1. The van der Waals surface area contributed by atoms with E-state index >= 15 is 0 Å². The predicted octanol–water partition coefficient (Wildman–Crippen LogP) is 2.45. The van der Waals surface area contributed by atoms with Gasteiger partial charge in [-0.1, -0.05) is 11.6 Å². The number of hydrogen-bond acceptors (Lipinski definition) is 3. The molecule has 1 atom stereocenters. The summed E-state index contributed by atoms with van der Waals surface area (Å²) in [6.07, 6.45) is 2.41. The van der Waals surface area contributed by atoms with Crippen molar-refractivity contribution in [1.29, 1.82) is 0 Å². The van der Waals surface area contributed by atoms with E-state index in [1.807, 2.05) is 0 Å². The average molecular weight is 269 g/mol. The molecule has 2 rings (SSSR count). The van der Waals surface area contributed by atoms with Crippen molar-refractivity contribution in [3.63, 3.8) is 0 Å². The van der Waals surface area contributed by atoms with E-state index in [-0.39, 0.29) is 12.0 Å². The molecule has 18 heavy (non-hydrogen) atoms. The highest BCUT2D eigenvalue weighted by Gasteiger charge is 2.22. The SMILES string of the molecule is CN(C(=O)CC1CCCO1)c1cc(Cl)ccc1N. The second-order valence-corrected chi connectivity index (χ2v) is 4.93. The Morgan fingerprint density at radius 1 is 1.61 bits per heavy atom. The Morgan fingerprint density at radius 3 is 3.06 bits per heavy atom. The fraction of sp³-hybridized carbons (Fsp3) is 0.462. The van der Waals surface area contributed by atoms with E-state index in [1.54, 1.807) is 30.1 Å². The molecule has 0 aromatic heterocycles. The molecule has 1 heterocycles. The van der Waals surface area contributed by atoms with Crippen LogP contribution in [0.15, 0.2) is 18.2 Å². The smallest absolute Gasteiger partial charge is 0.229 e. The lowest BCUT2D eigenvalue weighted by atomic mass is 10.1. The minimum Gasteiger partial charge on any atom is -0.397 e. The fourth-order valence-corrected chi connectivity index (χ4v) is 2.25. The van der Waals surface area contributed by atoms with E-state index < -0.39 is 0 Å². The van der Waals surface area contributed by atoms with Crippen molar-refractivity contribution in [2.24, 2.45) is 0 Å². The molecule has 2 N–H and O–H groups in total. The lowest BCUT2D eigenvalue weighted by Crippen LogP contribution is -2.30. The minimum atomic E-state index is -0.00383. The van der Waals surface area contributed by atoms with Gasteiger partial charge in [-0.25, -0.2) is 0 Å². The third-order valence-electron chi connectivity index (χ3n) is 3.15. The van der Waals surface area contributed by atoms with Crippen molar-refractivity contribution in [1.82, 2.24) is 0 Å². The second-order valence-electron chi connectivity index (χ2n) is 4.50. The standard InChI is InChI=1S/C13H17ClN2O2/c1-16(12-7-9(14)4-5-11(12)15)13(17)8-10-3-2-6-18-10/h4-5,7,10H,2-3,6,8,15H2,1H3. The minimum absolute atomic E-state index is 0.00383. The van der Waals surface area contributed by atoms with Crippen LogP contribution in [0.2, 0.25) is 5.02 Å². The maximum absolute atomic E-state index is 12.1. The highest BCUT2D eigenvalue weighted by Crippen LogP contribution is 2.27. The number of ether oxygens (including phenoxy) is 1. The lowest BCUT2D eigenvalue weighted by molar-refractivity contribution is -0.120. The quantitative estimate of drug-likeness (QED) is 0.857. The van der Waals surface area contributed by atoms with Crippen molar-refractivity contribution in [2.45, 2.75) is 25.4 Å². The Bertz CT molecular complexity index is 445. The van der Waals surface area contributed by atoms with Gasteiger partial charge in [0.2, 0.25) is 5.91 Å². The summed E-state index contributed by atoms with van der Waals surface area (Å²) in [6.45, 7) is 0.751. The van der Waals surface area contributed by atoms with Crippen LogP contribution in [0.1, 0.15) is 19.3 Å². The molecule has 1 fully saturated rings. The molecule has 1 aromatic rings. The van der Waals surface area contributed by atoms with Gasteiger partial charge in [-0.2, -0.15) is 0 Å². The van der Waals surface area contributed by atoms with Crippen LogP contribution in [-0.2, 0) is 9.53 Å². The molecule has 1 aliphatic heterocycles. The maximum atomic E-state index is 12.1. The molecular formula is C13H17ClN2O2. The van der Waals surface area contributed by atoms with Gasteiger partial charge in [0.1, 0.15) is 0 Å². The molecule has 0 radical (unpaired) electrons. The summed E-state index contributed by atoms with van der Waals surface area (Å²) in [4.78, 5) is 13.7. The molecule has 4 nitrogen and oxygen atoms in total. The van der Waals surface area contributed by atoms with Gasteiger partial charge in [0.25, 0.3) is 0 Å². The lowest BCUT2D eigenvalue weighted by Gasteiger charge is -2.21. The number of hydrogen-bond donors (Lipinski definition) is 1. The van der Waals surface area contributed by atoms with Gasteiger partial charge < -0.3 is 15.4 Å². The largest absolute Gasteiger partial charge is 0.397 e. The zero-order valence-electron chi connectivity index (χ0n) is 10.4. The first-order chi connectivity index (χ1) is 8.58. The highest BCUT2D eigenvalue weighted by atomic mass is 35.5. The van der Waals surface area contributed by atoms with Crippen molar-refractivity contribution < 1.29 is 9.53 Å². The van der Waals surface area contributed by atoms with Gasteiger partial charge in [-0.05, 0) is 31.0 Å². The molecule has 0 saturated carbocycles. The Labute approximate surface area is 112 Å². The van der Waals surface area contributed by atoms with Crippen LogP contribution in [0.4, 0.5) is 11.4 Å². The van der Waals surface area contributed by atoms with Crippen LogP contribution in [0.3, 0.4) is 0 Å². The number of anilines is 2. The van der Waals surface area contributed by atoms with Gasteiger partial charge in [0, 0.05) is 18.7 Å². The molecule has 1 amide bonds. The van der Waals surface area contributed by atoms with Gasteiger partial charge in [0.15, 0.2) is 0 Å². The number of nitrogens with zero attached hydrogens (tertiary/aromatic N) is 1.